The zero-order chi connectivity index (χ0) is 18.9. The van der Waals surface area contributed by atoms with Gasteiger partial charge in [-0.15, -0.1) is 0 Å². The van der Waals surface area contributed by atoms with Crippen molar-refractivity contribution in [2.45, 2.75) is 26.1 Å². The van der Waals surface area contributed by atoms with Crippen LogP contribution in [0.15, 0.2) is 48.8 Å². The van der Waals surface area contributed by atoms with Crippen LogP contribution in [0.5, 0.6) is 0 Å². The molecule has 0 saturated heterocycles. The molecule has 0 aliphatic rings. The Morgan fingerprint density at radius 2 is 1.92 bits per heavy atom. The van der Waals surface area contributed by atoms with E-state index in [2.05, 4.69) is 15.3 Å². The standard InChI is InChI=1S/C19H16F3N3O/c1-11-5-6-16-14(8-11)15(9-12(2)24-16)18(26)25-17(19(20,21)22)13-4-3-7-23-10-13/h3-10,17H,1-2H3,(H,25,26)/t17-/m0/s1. The molecule has 0 aliphatic heterocycles. The molecule has 0 unspecified atom stereocenters. The van der Waals surface area contributed by atoms with Crippen LogP contribution < -0.4 is 5.32 Å². The van der Waals surface area contributed by atoms with E-state index in [9.17, 15) is 18.0 Å². The molecular weight excluding hydrogens is 343 g/mol. The number of benzene rings is 1. The van der Waals surface area contributed by atoms with Crippen molar-refractivity contribution >= 4 is 16.8 Å². The van der Waals surface area contributed by atoms with E-state index in [0.29, 0.717) is 16.6 Å². The highest BCUT2D eigenvalue weighted by Crippen LogP contribution is 2.33. The van der Waals surface area contributed by atoms with Gasteiger partial charge in [-0.2, -0.15) is 13.2 Å². The molecule has 1 N–H and O–H groups in total. The highest BCUT2D eigenvalue weighted by Gasteiger charge is 2.42. The largest absolute Gasteiger partial charge is 0.412 e. The SMILES string of the molecule is Cc1ccc2nc(C)cc(C(=O)N[C@@H](c3cccnc3)C(F)(F)F)c2c1. The van der Waals surface area contributed by atoms with E-state index in [-0.39, 0.29) is 11.1 Å². The Bertz CT molecular complexity index is 955. The van der Waals surface area contributed by atoms with E-state index < -0.39 is 18.1 Å². The molecule has 0 bridgehead atoms. The van der Waals surface area contributed by atoms with Crippen LogP contribution in [0.1, 0.15) is 33.2 Å². The van der Waals surface area contributed by atoms with Crippen molar-refractivity contribution < 1.29 is 18.0 Å². The summed E-state index contributed by atoms with van der Waals surface area (Å²) in [6.45, 7) is 3.54. The number of nitrogens with zero attached hydrogens (tertiary/aromatic N) is 2. The summed E-state index contributed by atoms with van der Waals surface area (Å²) in [4.78, 5) is 20.7. The van der Waals surface area contributed by atoms with Gasteiger partial charge < -0.3 is 5.32 Å². The number of aromatic nitrogens is 2. The monoisotopic (exact) mass is 359 g/mol. The average Bonchev–Trinajstić information content (AvgIpc) is 2.59. The molecule has 1 amide bonds. The molecule has 1 aromatic carbocycles. The summed E-state index contributed by atoms with van der Waals surface area (Å²) in [5.74, 6) is -0.808. The van der Waals surface area contributed by atoms with Crippen LogP contribution in [-0.4, -0.2) is 22.1 Å². The minimum atomic E-state index is -4.65. The van der Waals surface area contributed by atoms with Gasteiger partial charge in [0, 0.05) is 29.0 Å². The molecule has 0 aliphatic carbocycles. The molecular formula is C19H16F3N3O. The maximum absolute atomic E-state index is 13.5. The van der Waals surface area contributed by atoms with Crippen LogP contribution >= 0.6 is 0 Å². The second-order valence-corrected chi connectivity index (χ2v) is 6.07. The van der Waals surface area contributed by atoms with Gasteiger partial charge in [-0.25, -0.2) is 0 Å². The molecule has 2 heterocycles. The quantitative estimate of drug-likeness (QED) is 0.759. The van der Waals surface area contributed by atoms with E-state index in [0.717, 1.165) is 11.8 Å². The highest BCUT2D eigenvalue weighted by atomic mass is 19.4. The summed E-state index contributed by atoms with van der Waals surface area (Å²) in [7, 11) is 0. The smallest absolute Gasteiger partial charge is 0.337 e. The molecule has 1 atom stereocenters. The Hall–Kier alpha value is -2.96. The van der Waals surface area contributed by atoms with E-state index in [1.165, 1.54) is 24.4 Å². The molecule has 0 spiro atoms. The molecule has 0 fully saturated rings. The van der Waals surface area contributed by atoms with Crippen molar-refractivity contribution in [1.29, 1.82) is 0 Å². The first kappa shape index (κ1) is 17.8. The zero-order valence-corrected chi connectivity index (χ0v) is 14.1. The van der Waals surface area contributed by atoms with Gasteiger partial charge in [0.25, 0.3) is 5.91 Å². The Morgan fingerprint density at radius 3 is 2.58 bits per heavy atom. The van der Waals surface area contributed by atoms with E-state index in [4.69, 9.17) is 0 Å². The average molecular weight is 359 g/mol. The summed E-state index contributed by atoms with van der Waals surface area (Å²) >= 11 is 0. The van der Waals surface area contributed by atoms with Gasteiger partial charge in [0.15, 0.2) is 6.04 Å². The van der Waals surface area contributed by atoms with E-state index >= 15 is 0 Å². The van der Waals surface area contributed by atoms with Crippen LogP contribution in [0.25, 0.3) is 10.9 Å². The molecule has 0 saturated carbocycles. The molecule has 7 heteroatoms. The maximum atomic E-state index is 13.5. The predicted octanol–water partition coefficient (Wildman–Crippen LogP) is 4.28. The minimum absolute atomic E-state index is 0.125. The molecule has 134 valence electrons. The normalized spacial score (nSPS) is 12.8. The van der Waals surface area contributed by atoms with Gasteiger partial charge in [-0.05, 0) is 38.1 Å². The van der Waals surface area contributed by atoms with Crippen LogP contribution in [0.2, 0.25) is 0 Å². The molecule has 4 nitrogen and oxygen atoms in total. The first-order valence-electron chi connectivity index (χ1n) is 7.91. The summed E-state index contributed by atoms with van der Waals surface area (Å²) in [6, 6.07) is 7.36. The topological polar surface area (TPSA) is 54.9 Å². The van der Waals surface area contributed by atoms with Gasteiger partial charge in [-0.3, -0.25) is 14.8 Å². The molecule has 0 radical (unpaired) electrons. The highest BCUT2D eigenvalue weighted by molar-refractivity contribution is 6.06. The van der Waals surface area contributed by atoms with Gasteiger partial charge in [0.05, 0.1) is 11.1 Å². The van der Waals surface area contributed by atoms with Gasteiger partial charge >= 0.3 is 6.18 Å². The van der Waals surface area contributed by atoms with Crippen LogP contribution in [0.4, 0.5) is 13.2 Å². The fourth-order valence-electron chi connectivity index (χ4n) is 2.77. The number of nitrogens with one attached hydrogen (secondary N) is 1. The number of carbonyl (C=O) groups is 1. The Morgan fingerprint density at radius 1 is 1.15 bits per heavy atom. The molecule has 2 aromatic heterocycles. The van der Waals surface area contributed by atoms with Crippen LogP contribution in [-0.2, 0) is 0 Å². The van der Waals surface area contributed by atoms with Crippen molar-refractivity contribution in [1.82, 2.24) is 15.3 Å². The van der Waals surface area contributed by atoms with Gasteiger partial charge in [0.1, 0.15) is 0 Å². The second-order valence-electron chi connectivity index (χ2n) is 6.07. The van der Waals surface area contributed by atoms with Crippen LogP contribution in [0.3, 0.4) is 0 Å². The Labute approximate surface area is 148 Å². The predicted molar refractivity (Wildman–Crippen MR) is 91.7 cm³/mol. The minimum Gasteiger partial charge on any atom is -0.337 e. The number of hydrogen-bond donors (Lipinski definition) is 1. The number of amides is 1. The lowest BCUT2D eigenvalue weighted by Crippen LogP contribution is -2.38. The number of aryl methyl sites for hydroxylation is 2. The first-order valence-corrected chi connectivity index (χ1v) is 7.91. The number of halogens is 3. The summed E-state index contributed by atoms with van der Waals surface area (Å²) < 4.78 is 40.5. The van der Waals surface area contributed by atoms with E-state index in [1.54, 1.807) is 19.1 Å². The zero-order valence-electron chi connectivity index (χ0n) is 14.1. The number of rotatable bonds is 3. The lowest BCUT2D eigenvalue weighted by atomic mass is 10.0. The third kappa shape index (κ3) is 3.66. The lowest BCUT2D eigenvalue weighted by molar-refractivity contribution is -0.155. The van der Waals surface area contributed by atoms with Crippen molar-refractivity contribution in [3.63, 3.8) is 0 Å². The Kier molecular flexibility index (Phi) is 4.63. The third-order valence-corrected chi connectivity index (χ3v) is 3.96. The van der Waals surface area contributed by atoms with Crippen LogP contribution in [0, 0.1) is 13.8 Å². The van der Waals surface area contributed by atoms with Crippen molar-refractivity contribution in [2.24, 2.45) is 0 Å². The summed E-state index contributed by atoms with van der Waals surface area (Å²) in [6.07, 6.45) is -2.17. The van der Waals surface area contributed by atoms with E-state index in [1.807, 2.05) is 13.0 Å². The van der Waals surface area contributed by atoms with Crippen molar-refractivity contribution in [3.05, 3.63) is 71.2 Å². The molecule has 3 rings (SSSR count). The summed E-state index contributed by atoms with van der Waals surface area (Å²) in [5, 5.41) is 2.61. The number of alkyl halides is 3. The first-order chi connectivity index (χ1) is 12.3. The summed E-state index contributed by atoms with van der Waals surface area (Å²) in [5.41, 5.74) is 2.04. The fourth-order valence-corrected chi connectivity index (χ4v) is 2.77. The number of carbonyl (C=O) groups excluding carboxylic acids is 1. The van der Waals surface area contributed by atoms with Crippen molar-refractivity contribution in [2.75, 3.05) is 0 Å². The number of hydrogen-bond acceptors (Lipinski definition) is 3. The Balaban J connectivity index is 2.03. The van der Waals surface area contributed by atoms with Gasteiger partial charge in [0.2, 0.25) is 0 Å². The number of fused-ring (bicyclic) bond motifs is 1. The van der Waals surface area contributed by atoms with Crippen molar-refractivity contribution in [3.8, 4) is 0 Å². The maximum Gasteiger partial charge on any atom is 0.412 e. The second kappa shape index (κ2) is 6.74. The molecule has 3 aromatic rings. The fraction of sp³-hybridized carbons (Fsp3) is 0.211. The lowest BCUT2D eigenvalue weighted by Gasteiger charge is -2.22. The number of pyridine rings is 2. The third-order valence-electron chi connectivity index (χ3n) is 3.96. The molecule has 26 heavy (non-hydrogen) atoms. The van der Waals surface area contributed by atoms with Gasteiger partial charge in [-0.1, -0.05) is 17.7 Å².